The summed E-state index contributed by atoms with van der Waals surface area (Å²) >= 11 is 6.09. The minimum absolute atomic E-state index is 0.0656. The summed E-state index contributed by atoms with van der Waals surface area (Å²) in [5.74, 6) is 1.26. The molecule has 32 heavy (non-hydrogen) atoms. The second-order valence-corrected chi connectivity index (χ2v) is 9.25. The van der Waals surface area contributed by atoms with E-state index < -0.39 is 0 Å². The number of aromatic nitrogens is 3. The molecule has 1 saturated heterocycles. The molecule has 170 valence electrons. The molecule has 0 unspecified atom stereocenters. The van der Waals surface area contributed by atoms with Crippen molar-refractivity contribution in [3.63, 3.8) is 0 Å². The Morgan fingerprint density at radius 1 is 1.19 bits per heavy atom. The molecule has 2 aromatic heterocycles. The van der Waals surface area contributed by atoms with Crippen LogP contribution < -0.4 is 10.2 Å². The van der Waals surface area contributed by atoms with Crippen molar-refractivity contribution < 1.29 is 4.79 Å². The Morgan fingerprint density at radius 3 is 2.53 bits per heavy atom. The highest BCUT2D eigenvalue weighted by Crippen LogP contribution is 2.32. The molecule has 1 aliphatic heterocycles. The van der Waals surface area contributed by atoms with Gasteiger partial charge in [-0.25, -0.2) is 4.98 Å². The van der Waals surface area contributed by atoms with Crippen molar-refractivity contribution >= 4 is 29.0 Å². The van der Waals surface area contributed by atoms with Crippen LogP contribution in [0.25, 0.3) is 16.8 Å². The molecule has 1 amide bonds. The van der Waals surface area contributed by atoms with Crippen molar-refractivity contribution in [2.75, 3.05) is 45.2 Å². The summed E-state index contributed by atoms with van der Waals surface area (Å²) in [4.78, 5) is 21.7. The first kappa shape index (κ1) is 22.6. The predicted octanol–water partition coefficient (Wildman–Crippen LogP) is 3.56. The second-order valence-electron chi connectivity index (χ2n) is 8.81. The van der Waals surface area contributed by atoms with E-state index in [1.807, 2.05) is 56.7 Å². The first-order valence-corrected chi connectivity index (χ1v) is 11.5. The molecule has 0 spiro atoms. The number of nitrogens with one attached hydrogen (secondary N) is 1. The lowest BCUT2D eigenvalue weighted by molar-refractivity contribution is -0.125. The summed E-state index contributed by atoms with van der Waals surface area (Å²) in [6, 6.07) is 9.89. The zero-order valence-corrected chi connectivity index (χ0v) is 20.0. The number of hydrogen-bond acceptors (Lipinski definition) is 5. The molecule has 7 nitrogen and oxygen atoms in total. The number of likely N-dealkylation sites (N-methyl/N-ethyl adjacent to an activating group) is 1. The Morgan fingerprint density at radius 2 is 1.88 bits per heavy atom. The number of fused-ring (bicyclic) bond motifs is 1. The highest BCUT2D eigenvalue weighted by Gasteiger charge is 2.27. The van der Waals surface area contributed by atoms with Crippen molar-refractivity contribution in [2.45, 2.75) is 26.7 Å². The molecule has 1 aromatic carbocycles. The monoisotopic (exact) mass is 454 g/mol. The molecule has 3 aromatic rings. The molecular weight excluding hydrogens is 424 g/mol. The molecular formula is C24H31ClN6O. The number of carbonyl (C=O) groups is 1. The predicted molar refractivity (Wildman–Crippen MR) is 129 cm³/mol. The molecule has 1 N–H and O–H groups in total. The third-order valence-corrected chi connectivity index (χ3v) is 6.31. The third-order valence-electron chi connectivity index (χ3n) is 6.05. The van der Waals surface area contributed by atoms with Crippen LogP contribution >= 0.6 is 11.6 Å². The van der Waals surface area contributed by atoms with Gasteiger partial charge in [0.2, 0.25) is 5.91 Å². The van der Waals surface area contributed by atoms with E-state index >= 15 is 0 Å². The first-order chi connectivity index (χ1) is 15.3. The summed E-state index contributed by atoms with van der Waals surface area (Å²) < 4.78 is 1.95. The molecule has 1 aliphatic rings. The van der Waals surface area contributed by atoms with E-state index in [9.17, 15) is 4.79 Å². The van der Waals surface area contributed by atoms with E-state index in [-0.39, 0.29) is 11.8 Å². The number of carbonyl (C=O) groups excluding carboxylic acids is 1. The Labute approximate surface area is 194 Å². The highest BCUT2D eigenvalue weighted by molar-refractivity contribution is 6.30. The molecule has 4 rings (SSSR count). The number of halogens is 1. The Kier molecular flexibility index (Phi) is 6.67. The number of amides is 1. The zero-order valence-electron chi connectivity index (χ0n) is 19.2. The van der Waals surface area contributed by atoms with E-state index in [1.54, 1.807) is 0 Å². The standard InChI is InChI=1S/C24H31ClN6O/c1-16-15-21(30-12-9-19(10-13-30)24(32)26-11-14-29(3)4)31-23(27-16)22(17(2)28-31)18-5-7-20(25)8-6-18/h5-8,15,19H,9-14H2,1-4H3,(H,26,32). The van der Waals surface area contributed by atoms with Crippen molar-refractivity contribution in [1.29, 1.82) is 0 Å². The van der Waals surface area contributed by atoms with Crippen molar-refractivity contribution in [1.82, 2.24) is 24.8 Å². The van der Waals surface area contributed by atoms with Crippen LogP contribution in [0.5, 0.6) is 0 Å². The average molecular weight is 455 g/mol. The SMILES string of the molecule is Cc1cc(N2CCC(C(=O)NCCN(C)C)CC2)n2nc(C)c(-c3ccc(Cl)cc3)c2n1. The average Bonchev–Trinajstić information content (AvgIpc) is 3.09. The maximum atomic E-state index is 12.5. The topological polar surface area (TPSA) is 65.8 Å². The quantitative estimate of drug-likeness (QED) is 0.617. The van der Waals surface area contributed by atoms with Crippen LogP contribution in [0.15, 0.2) is 30.3 Å². The zero-order chi connectivity index (χ0) is 22.8. The fourth-order valence-corrected chi connectivity index (χ4v) is 4.45. The smallest absolute Gasteiger partial charge is 0.223 e. The van der Waals surface area contributed by atoms with Gasteiger partial charge < -0.3 is 15.1 Å². The Balaban J connectivity index is 1.55. The molecule has 0 bridgehead atoms. The fourth-order valence-electron chi connectivity index (χ4n) is 4.32. The molecule has 0 aliphatic carbocycles. The largest absolute Gasteiger partial charge is 0.356 e. The van der Waals surface area contributed by atoms with Crippen LogP contribution in [0.4, 0.5) is 5.82 Å². The van der Waals surface area contributed by atoms with Gasteiger partial charge >= 0.3 is 0 Å². The van der Waals surface area contributed by atoms with Gasteiger partial charge in [-0.3, -0.25) is 4.79 Å². The third kappa shape index (κ3) is 4.74. The minimum Gasteiger partial charge on any atom is -0.356 e. The summed E-state index contributed by atoms with van der Waals surface area (Å²) in [6.45, 7) is 7.22. The number of hydrogen-bond donors (Lipinski definition) is 1. The Bertz CT molecular complexity index is 1100. The minimum atomic E-state index is 0.0656. The van der Waals surface area contributed by atoms with Crippen molar-refractivity contribution in [2.24, 2.45) is 5.92 Å². The Hall–Kier alpha value is -2.64. The van der Waals surface area contributed by atoms with E-state index in [2.05, 4.69) is 21.2 Å². The lowest BCUT2D eigenvalue weighted by Crippen LogP contribution is -2.42. The van der Waals surface area contributed by atoms with Crippen LogP contribution in [-0.2, 0) is 4.79 Å². The molecule has 0 radical (unpaired) electrons. The molecule has 0 atom stereocenters. The summed E-state index contributed by atoms with van der Waals surface area (Å²) in [6.07, 6.45) is 1.67. The highest BCUT2D eigenvalue weighted by atomic mass is 35.5. The van der Waals surface area contributed by atoms with Gasteiger partial charge in [-0.2, -0.15) is 9.61 Å². The van der Waals surface area contributed by atoms with Gasteiger partial charge in [0.05, 0.1) is 5.69 Å². The number of anilines is 1. The van der Waals surface area contributed by atoms with Crippen LogP contribution in [0.1, 0.15) is 24.2 Å². The normalized spacial score (nSPS) is 15.0. The summed E-state index contributed by atoms with van der Waals surface area (Å²) in [5.41, 5.74) is 4.82. The summed E-state index contributed by atoms with van der Waals surface area (Å²) in [5, 5.41) is 8.62. The van der Waals surface area contributed by atoms with Crippen LogP contribution in [-0.4, -0.2) is 65.7 Å². The second kappa shape index (κ2) is 9.46. The van der Waals surface area contributed by atoms with Gasteiger partial charge in [-0.05, 0) is 58.5 Å². The number of aryl methyl sites for hydroxylation is 2. The van der Waals surface area contributed by atoms with E-state index in [0.717, 1.165) is 66.5 Å². The molecule has 8 heteroatoms. The first-order valence-electron chi connectivity index (χ1n) is 11.1. The van der Waals surface area contributed by atoms with Gasteiger partial charge in [-0.1, -0.05) is 23.7 Å². The molecule has 3 heterocycles. The fraction of sp³-hybridized carbons (Fsp3) is 0.458. The number of benzene rings is 1. The van der Waals surface area contributed by atoms with Crippen LogP contribution in [0.3, 0.4) is 0 Å². The van der Waals surface area contributed by atoms with Gasteiger partial charge in [0, 0.05) is 54.4 Å². The van der Waals surface area contributed by atoms with Crippen molar-refractivity contribution in [3.05, 3.63) is 46.7 Å². The maximum absolute atomic E-state index is 12.5. The lowest BCUT2D eigenvalue weighted by Gasteiger charge is -2.33. The molecule has 1 fully saturated rings. The molecule has 0 saturated carbocycles. The van der Waals surface area contributed by atoms with E-state index in [0.29, 0.717) is 11.6 Å². The van der Waals surface area contributed by atoms with E-state index in [1.165, 1.54) is 0 Å². The van der Waals surface area contributed by atoms with Gasteiger partial charge in [0.1, 0.15) is 5.82 Å². The summed E-state index contributed by atoms with van der Waals surface area (Å²) in [7, 11) is 4.02. The number of rotatable bonds is 6. The van der Waals surface area contributed by atoms with Gasteiger partial charge in [0.25, 0.3) is 0 Å². The van der Waals surface area contributed by atoms with Crippen molar-refractivity contribution in [3.8, 4) is 11.1 Å². The van der Waals surface area contributed by atoms with E-state index in [4.69, 9.17) is 21.7 Å². The lowest BCUT2D eigenvalue weighted by atomic mass is 9.96. The maximum Gasteiger partial charge on any atom is 0.223 e. The number of nitrogens with zero attached hydrogens (tertiary/aromatic N) is 5. The van der Waals surface area contributed by atoms with Gasteiger partial charge in [-0.15, -0.1) is 0 Å². The van der Waals surface area contributed by atoms with Crippen LogP contribution in [0, 0.1) is 19.8 Å². The van der Waals surface area contributed by atoms with Crippen LogP contribution in [0.2, 0.25) is 5.02 Å². The number of piperidine rings is 1. The van der Waals surface area contributed by atoms with Gasteiger partial charge in [0.15, 0.2) is 5.65 Å².